The summed E-state index contributed by atoms with van der Waals surface area (Å²) in [5.41, 5.74) is 3.99. The second kappa shape index (κ2) is 10.8. The van der Waals surface area contributed by atoms with Crippen LogP contribution in [0.5, 0.6) is 5.75 Å². The summed E-state index contributed by atoms with van der Waals surface area (Å²) >= 11 is 1.30. The molecule has 0 saturated heterocycles. The molecule has 1 aliphatic rings. The van der Waals surface area contributed by atoms with Crippen LogP contribution in [0.25, 0.3) is 17.0 Å². The third-order valence-corrected chi connectivity index (χ3v) is 8.06. The zero-order chi connectivity index (χ0) is 28.5. The molecule has 3 heterocycles. The van der Waals surface area contributed by atoms with Crippen molar-refractivity contribution >= 4 is 39.9 Å². The van der Waals surface area contributed by atoms with E-state index in [1.54, 1.807) is 18.6 Å². The van der Waals surface area contributed by atoms with Crippen LogP contribution in [0, 0.1) is 12.3 Å². The second-order valence-corrected chi connectivity index (χ2v) is 10.6. The number of nitrogens with zero attached hydrogens (tertiary/aromatic N) is 3. The number of rotatable bonds is 6. The number of carbonyl (C=O) groups is 1. The average molecular weight is 559 g/mol. The molecule has 0 spiro atoms. The van der Waals surface area contributed by atoms with Gasteiger partial charge in [0.1, 0.15) is 5.75 Å². The maximum absolute atomic E-state index is 14.1. The van der Waals surface area contributed by atoms with Gasteiger partial charge in [-0.05, 0) is 48.9 Å². The van der Waals surface area contributed by atoms with Gasteiger partial charge in [0.25, 0.3) is 11.5 Å². The summed E-state index contributed by atoms with van der Waals surface area (Å²) in [4.78, 5) is 33.1. The maximum atomic E-state index is 14.1. The first-order chi connectivity index (χ1) is 20.0. The molecule has 3 aromatic carbocycles. The van der Waals surface area contributed by atoms with Crippen LogP contribution in [0.15, 0.2) is 106 Å². The molecule has 1 aliphatic heterocycles. The highest BCUT2D eigenvalue weighted by atomic mass is 32.1. The van der Waals surface area contributed by atoms with Crippen LogP contribution >= 0.6 is 11.3 Å². The molecule has 0 aliphatic carbocycles. The Labute approximate surface area is 240 Å². The van der Waals surface area contributed by atoms with Gasteiger partial charge in [-0.3, -0.25) is 14.2 Å². The zero-order valence-electron chi connectivity index (χ0n) is 22.5. The van der Waals surface area contributed by atoms with Crippen molar-refractivity contribution in [3.05, 3.63) is 127 Å². The van der Waals surface area contributed by atoms with Crippen molar-refractivity contribution in [1.82, 2.24) is 9.13 Å². The molecule has 7 nitrogen and oxygen atoms in total. The fourth-order valence-electron chi connectivity index (χ4n) is 5.22. The molecule has 1 amide bonds. The Morgan fingerprint density at radius 3 is 2.68 bits per heavy atom. The Morgan fingerprint density at radius 1 is 1.12 bits per heavy atom. The highest BCUT2D eigenvalue weighted by Gasteiger charge is 2.32. The number of aromatic nitrogens is 2. The Balaban J connectivity index is 1.54. The molecule has 8 heteroatoms. The number of hydrogen-bond acceptors (Lipinski definition) is 5. The van der Waals surface area contributed by atoms with E-state index in [1.807, 2.05) is 95.7 Å². The number of thiazole rings is 1. The topological polar surface area (TPSA) is 77.6 Å². The number of allylic oxidation sites excluding steroid dienone is 1. The van der Waals surface area contributed by atoms with Gasteiger partial charge in [-0.1, -0.05) is 65.8 Å². The number of nitrogens with one attached hydrogen (secondary N) is 1. The molecule has 0 bridgehead atoms. The summed E-state index contributed by atoms with van der Waals surface area (Å²) in [5.74, 6) is 3.00. The fraction of sp³-hybridized carbons (Fsp3) is 0.121. The van der Waals surface area contributed by atoms with E-state index in [9.17, 15) is 9.59 Å². The number of anilines is 1. The number of fused-ring (bicyclic) bond motifs is 2. The number of methoxy groups -OCH3 is 1. The first-order valence-corrected chi connectivity index (χ1v) is 13.8. The van der Waals surface area contributed by atoms with Gasteiger partial charge in [0.2, 0.25) is 0 Å². The summed E-state index contributed by atoms with van der Waals surface area (Å²) < 4.78 is 9.60. The second-order valence-electron chi connectivity index (χ2n) is 9.61. The summed E-state index contributed by atoms with van der Waals surface area (Å²) in [6.45, 7) is 2.22. The van der Waals surface area contributed by atoms with E-state index in [4.69, 9.17) is 16.2 Å². The maximum Gasteiger partial charge on any atom is 0.271 e. The number of carbonyl (C=O) groups excluding carboxylic acids is 1. The molecule has 41 heavy (non-hydrogen) atoms. The third-order valence-electron chi connectivity index (χ3n) is 7.08. The molecular weight excluding hydrogens is 532 g/mol. The van der Waals surface area contributed by atoms with Crippen molar-refractivity contribution in [2.75, 3.05) is 12.4 Å². The van der Waals surface area contributed by atoms with Crippen molar-refractivity contribution in [2.45, 2.75) is 19.5 Å². The van der Waals surface area contributed by atoms with Gasteiger partial charge in [-0.25, -0.2) is 4.99 Å². The minimum absolute atomic E-state index is 0.229. The van der Waals surface area contributed by atoms with Crippen LogP contribution in [0.3, 0.4) is 0 Å². The average Bonchev–Trinajstić information content (AvgIpc) is 3.49. The molecule has 0 radical (unpaired) electrons. The molecule has 0 fully saturated rings. The first kappa shape index (κ1) is 26.1. The number of ether oxygens (including phenoxy) is 1. The Kier molecular flexibility index (Phi) is 6.88. The predicted molar refractivity (Wildman–Crippen MR) is 163 cm³/mol. The van der Waals surface area contributed by atoms with Crippen molar-refractivity contribution < 1.29 is 9.53 Å². The summed E-state index contributed by atoms with van der Waals surface area (Å²) in [7, 11) is 1.59. The van der Waals surface area contributed by atoms with Gasteiger partial charge in [0, 0.05) is 28.4 Å². The highest BCUT2D eigenvalue weighted by Crippen LogP contribution is 2.32. The lowest BCUT2D eigenvalue weighted by molar-refractivity contribution is -0.113. The molecular formula is C33H26N4O3S. The first-order valence-electron chi connectivity index (χ1n) is 13.0. The van der Waals surface area contributed by atoms with E-state index in [1.165, 1.54) is 11.3 Å². The van der Waals surface area contributed by atoms with Crippen LogP contribution in [0.4, 0.5) is 5.69 Å². The molecule has 0 unspecified atom stereocenters. The van der Waals surface area contributed by atoms with Crippen molar-refractivity contribution in [2.24, 2.45) is 4.99 Å². The smallest absolute Gasteiger partial charge is 0.271 e. The van der Waals surface area contributed by atoms with E-state index in [0.717, 1.165) is 22.0 Å². The zero-order valence-corrected chi connectivity index (χ0v) is 23.3. The van der Waals surface area contributed by atoms with Gasteiger partial charge in [0.15, 0.2) is 4.80 Å². The summed E-state index contributed by atoms with van der Waals surface area (Å²) in [6.07, 6.45) is 9.45. The van der Waals surface area contributed by atoms with Gasteiger partial charge in [0.05, 0.1) is 35.5 Å². The molecule has 1 N–H and O–H groups in total. The van der Waals surface area contributed by atoms with Crippen LogP contribution in [0.2, 0.25) is 0 Å². The number of hydrogen-bond donors (Lipinski definition) is 1. The molecule has 1 atom stereocenters. The lowest BCUT2D eigenvalue weighted by Gasteiger charge is -2.25. The highest BCUT2D eigenvalue weighted by molar-refractivity contribution is 7.07. The number of amides is 1. The molecule has 0 saturated carbocycles. The Bertz CT molecular complexity index is 2060. The van der Waals surface area contributed by atoms with Crippen LogP contribution in [-0.4, -0.2) is 22.2 Å². The van der Waals surface area contributed by atoms with E-state index >= 15 is 0 Å². The van der Waals surface area contributed by atoms with Gasteiger partial charge >= 0.3 is 0 Å². The SMILES string of the molecule is C#CCn1cc(C=c2sc3n(c2=O)[C@@H](c2cccc(OC)c2)C(C(=O)Nc2ccccc2)=C(C)N=3)c2ccccc21. The molecule has 2 aromatic heterocycles. The molecule has 5 aromatic rings. The number of para-hydroxylation sites is 2. The quantitative estimate of drug-likeness (QED) is 0.313. The van der Waals surface area contributed by atoms with Gasteiger partial charge < -0.3 is 14.6 Å². The largest absolute Gasteiger partial charge is 0.497 e. The molecule has 6 rings (SSSR count). The van der Waals surface area contributed by atoms with E-state index in [0.29, 0.717) is 38.6 Å². The Hall–Kier alpha value is -5.13. The lowest BCUT2D eigenvalue weighted by Crippen LogP contribution is -2.40. The van der Waals surface area contributed by atoms with Gasteiger partial charge in [-0.2, -0.15) is 0 Å². The monoisotopic (exact) mass is 558 g/mol. The van der Waals surface area contributed by atoms with Gasteiger partial charge in [-0.15, -0.1) is 6.42 Å². The van der Waals surface area contributed by atoms with Crippen LogP contribution in [-0.2, 0) is 11.3 Å². The van der Waals surface area contributed by atoms with E-state index in [2.05, 4.69) is 11.2 Å². The van der Waals surface area contributed by atoms with E-state index in [-0.39, 0.29) is 11.5 Å². The van der Waals surface area contributed by atoms with Crippen LogP contribution < -0.4 is 24.9 Å². The standard InChI is InChI=1S/C33H26N4O3S/c1-4-17-36-20-23(26-15-8-9-16-27(26)36)19-28-32(39)37-30(22-11-10-14-25(18-22)40-3)29(21(2)34-33(37)41-28)31(38)35-24-12-6-5-7-13-24/h1,5-16,18-20,30H,17H2,2-3H3,(H,35,38)/t30-/m0/s1. The fourth-order valence-corrected chi connectivity index (χ4v) is 6.26. The predicted octanol–water partition coefficient (Wildman–Crippen LogP) is 4.47. The van der Waals surface area contributed by atoms with E-state index < -0.39 is 6.04 Å². The van der Waals surface area contributed by atoms with Crippen molar-refractivity contribution in [3.8, 4) is 18.1 Å². The number of benzene rings is 3. The lowest BCUT2D eigenvalue weighted by atomic mass is 9.95. The van der Waals surface area contributed by atoms with Crippen molar-refractivity contribution in [1.29, 1.82) is 0 Å². The van der Waals surface area contributed by atoms with Crippen LogP contribution in [0.1, 0.15) is 24.1 Å². The minimum Gasteiger partial charge on any atom is -0.497 e. The summed E-state index contributed by atoms with van der Waals surface area (Å²) in [6, 6.07) is 23.9. The normalized spacial score (nSPS) is 14.9. The number of terminal acetylenes is 1. The summed E-state index contributed by atoms with van der Waals surface area (Å²) in [5, 5.41) is 3.97. The van der Waals surface area contributed by atoms with Crippen molar-refractivity contribution in [3.63, 3.8) is 0 Å². The Morgan fingerprint density at radius 2 is 1.90 bits per heavy atom. The minimum atomic E-state index is -0.699. The molecule has 202 valence electrons. The third kappa shape index (κ3) is 4.77.